The van der Waals surface area contributed by atoms with Crippen LogP contribution in [0, 0.1) is 12.8 Å². The molecule has 0 aliphatic rings. The standard InChI is InChI=1S/C23H28O4/c1-15(13-26-14-18-8-6-5-7-9-18)10-16(2)21-12-19-11-20(24)23(25-4)17(3)22(19)27-21/h5-9,11-12,15-16,24H,10,13-14H2,1-4H3/t15-,16-/m0/s1. The summed E-state index contributed by atoms with van der Waals surface area (Å²) in [6.45, 7) is 7.62. The average molecular weight is 368 g/mol. The quantitative estimate of drug-likeness (QED) is 0.546. The summed E-state index contributed by atoms with van der Waals surface area (Å²) in [5.74, 6) is 2.22. The Morgan fingerprint density at radius 3 is 2.56 bits per heavy atom. The fraction of sp³-hybridized carbons (Fsp3) is 0.391. The monoisotopic (exact) mass is 368 g/mol. The molecule has 0 saturated heterocycles. The van der Waals surface area contributed by atoms with Crippen LogP contribution in [0.15, 0.2) is 46.9 Å². The summed E-state index contributed by atoms with van der Waals surface area (Å²) < 4.78 is 17.2. The molecule has 0 saturated carbocycles. The van der Waals surface area contributed by atoms with Crippen LogP contribution in [0.5, 0.6) is 11.5 Å². The van der Waals surface area contributed by atoms with E-state index < -0.39 is 0 Å². The topological polar surface area (TPSA) is 51.8 Å². The third-order valence-electron chi connectivity index (χ3n) is 4.95. The van der Waals surface area contributed by atoms with E-state index in [-0.39, 0.29) is 11.7 Å². The normalized spacial score (nSPS) is 13.6. The van der Waals surface area contributed by atoms with Gasteiger partial charge in [0, 0.05) is 23.5 Å². The molecule has 3 rings (SSSR count). The Kier molecular flexibility index (Phi) is 6.07. The molecule has 144 valence electrons. The fourth-order valence-corrected chi connectivity index (χ4v) is 3.57. The van der Waals surface area contributed by atoms with Crippen LogP contribution in [-0.4, -0.2) is 18.8 Å². The predicted molar refractivity (Wildman–Crippen MR) is 107 cm³/mol. The van der Waals surface area contributed by atoms with E-state index in [9.17, 15) is 5.11 Å². The van der Waals surface area contributed by atoms with Crippen molar-refractivity contribution >= 4 is 11.0 Å². The number of phenols is 1. The van der Waals surface area contributed by atoms with Crippen molar-refractivity contribution in [2.24, 2.45) is 5.92 Å². The summed E-state index contributed by atoms with van der Waals surface area (Å²) in [4.78, 5) is 0. The SMILES string of the molecule is COc1c(O)cc2cc([C@@H](C)C[C@H](C)COCc3ccccc3)oc2c1C. The van der Waals surface area contributed by atoms with Gasteiger partial charge in [0.15, 0.2) is 11.5 Å². The molecule has 2 aromatic carbocycles. The van der Waals surface area contributed by atoms with Crippen LogP contribution in [0.1, 0.15) is 43.1 Å². The Bertz CT molecular complexity index is 882. The molecule has 2 atom stereocenters. The Morgan fingerprint density at radius 2 is 1.85 bits per heavy atom. The second-order valence-corrected chi connectivity index (χ2v) is 7.36. The molecule has 0 unspecified atom stereocenters. The van der Waals surface area contributed by atoms with E-state index in [2.05, 4.69) is 26.0 Å². The minimum atomic E-state index is 0.144. The molecule has 0 bridgehead atoms. The van der Waals surface area contributed by atoms with Gasteiger partial charge < -0.3 is 19.0 Å². The van der Waals surface area contributed by atoms with Gasteiger partial charge in [-0.25, -0.2) is 0 Å². The van der Waals surface area contributed by atoms with Crippen LogP contribution < -0.4 is 4.74 Å². The first-order chi connectivity index (χ1) is 13.0. The molecule has 1 aromatic heterocycles. The van der Waals surface area contributed by atoms with Gasteiger partial charge in [-0.05, 0) is 37.0 Å². The average Bonchev–Trinajstić information content (AvgIpc) is 3.07. The number of benzene rings is 2. The highest BCUT2D eigenvalue weighted by Crippen LogP contribution is 2.39. The van der Waals surface area contributed by atoms with E-state index in [0.29, 0.717) is 24.9 Å². The van der Waals surface area contributed by atoms with E-state index in [1.165, 1.54) is 5.56 Å². The van der Waals surface area contributed by atoms with Gasteiger partial charge in [0.25, 0.3) is 0 Å². The number of hydrogen-bond acceptors (Lipinski definition) is 4. The van der Waals surface area contributed by atoms with E-state index >= 15 is 0 Å². The van der Waals surface area contributed by atoms with Gasteiger partial charge in [-0.15, -0.1) is 0 Å². The molecule has 0 amide bonds. The fourth-order valence-electron chi connectivity index (χ4n) is 3.57. The smallest absolute Gasteiger partial charge is 0.167 e. The third kappa shape index (κ3) is 4.45. The van der Waals surface area contributed by atoms with Gasteiger partial charge in [-0.2, -0.15) is 0 Å². The van der Waals surface area contributed by atoms with Gasteiger partial charge in [0.2, 0.25) is 0 Å². The molecule has 0 fully saturated rings. The minimum Gasteiger partial charge on any atom is -0.504 e. The Hall–Kier alpha value is -2.46. The molecular formula is C23H28O4. The zero-order valence-corrected chi connectivity index (χ0v) is 16.5. The molecule has 0 spiro atoms. The molecule has 27 heavy (non-hydrogen) atoms. The number of methoxy groups -OCH3 is 1. The summed E-state index contributed by atoms with van der Waals surface area (Å²) in [7, 11) is 1.55. The van der Waals surface area contributed by atoms with Crippen molar-refractivity contribution in [3.8, 4) is 11.5 Å². The maximum absolute atomic E-state index is 10.1. The molecule has 3 aromatic rings. The predicted octanol–water partition coefficient (Wildman–Crippen LogP) is 5.80. The Balaban J connectivity index is 1.61. The van der Waals surface area contributed by atoms with Crippen LogP contribution in [0.4, 0.5) is 0 Å². The van der Waals surface area contributed by atoms with Crippen molar-refractivity contribution in [3.63, 3.8) is 0 Å². The molecule has 1 heterocycles. The lowest BCUT2D eigenvalue weighted by Gasteiger charge is -2.16. The Labute approximate surface area is 160 Å². The second-order valence-electron chi connectivity index (χ2n) is 7.36. The van der Waals surface area contributed by atoms with Gasteiger partial charge in [0.1, 0.15) is 11.3 Å². The van der Waals surface area contributed by atoms with Crippen molar-refractivity contribution in [1.29, 1.82) is 0 Å². The number of fused-ring (bicyclic) bond motifs is 1. The lowest BCUT2D eigenvalue weighted by molar-refractivity contribution is 0.0871. The molecule has 4 nitrogen and oxygen atoms in total. The molecule has 0 radical (unpaired) electrons. The maximum Gasteiger partial charge on any atom is 0.167 e. The number of hydrogen-bond donors (Lipinski definition) is 1. The molecule has 0 aliphatic carbocycles. The number of aromatic hydroxyl groups is 1. The van der Waals surface area contributed by atoms with Gasteiger partial charge >= 0.3 is 0 Å². The highest BCUT2D eigenvalue weighted by molar-refractivity contribution is 5.85. The highest BCUT2D eigenvalue weighted by atomic mass is 16.5. The summed E-state index contributed by atoms with van der Waals surface area (Å²) in [6, 6.07) is 13.9. The largest absolute Gasteiger partial charge is 0.504 e. The van der Waals surface area contributed by atoms with Crippen LogP contribution >= 0.6 is 0 Å². The lowest BCUT2D eigenvalue weighted by Crippen LogP contribution is -2.09. The zero-order chi connectivity index (χ0) is 19.4. The molecular weight excluding hydrogens is 340 g/mol. The van der Waals surface area contributed by atoms with Crippen molar-refractivity contribution in [3.05, 3.63) is 59.4 Å². The van der Waals surface area contributed by atoms with E-state index in [1.54, 1.807) is 13.2 Å². The zero-order valence-electron chi connectivity index (χ0n) is 16.5. The first-order valence-corrected chi connectivity index (χ1v) is 9.41. The van der Waals surface area contributed by atoms with Crippen molar-refractivity contribution in [2.45, 2.75) is 39.7 Å². The van der Waals surface area contributed by atoms with E-state index in [0.717, 1.165) is 28.7 Å². The van der Waals surface area contributed by atoms with Crippen LogP contribution in [0.25, 0.3) is 11.0 Å². The molecule has 4 heteroatoms. The van der Waals surface area contributed by atoms with Crippen molar-refractivity contribution in [2.75, 3.05) is 13.7 Å². The lowest BCUT2D eigenvalue weighted by atomic mass is 9.96. The summed E-state index contributed by atoms with van der Waals surface area (Å²) >= 11 is 0. The second kappa shape index (κ2) is 8.49. The minimum absolute atomic E-state index is 0.144. The van der Waals surface area contributed by atoms with Gasteiger partial charge in [0.05, 0.1) is 13.7 Å². The summed E-state index contributed by atoms with van der Waals surface area (Å²) in [5.41, 5.74) is 2.80. The van der Waals surface area contributed by atoms with Crippen molar-refractivity contribution in [1.82, 2.24) is 0 Å². The van der Waals surface area contributed by atoms with E-state index in [1.807, 2.05) is 31.2 Å². The number of ether oxygens (including phenoxy) is 2. The number of rotatable bonds is 8. The highest BCUT2D eigenvalue weighted by Gasteiger charge is 2.19. The summed E-state index contributed by atoms with van der Waals surface area (Å²) in [6.07, 6.45) is 0.969. The van der Waals surface area contributed by atoms with Crippen LogP contribution in [0.3, 0.4) is 0 Å². The number of aryl methyl sites for hydroxylation is 1. The van der Waals surface area contributed by atoms with Crippen molar-refractivity contribution < 1.29 is 19.0 Å². The molecule has 0 aliphatic heterocycles. The Morgan fingerprint density at radius 1 is 1.11 bits per heavy atom. The first-order valence-electron chi connectivity index (χ1n) is 9.41. The summed E-state index contributed by atoms with van der Waals surface area (Å²) in [5, 5.41) is 11.0. The number of furan rings is 1. The van der Waals surface area contributed by atoms with Gasteiger partial charge in [-0.1, -0.05) is 44.2 Å². The third-order valence-corrected chi connectivity index (χ3v) is 4.95. The van der Waals surface area contributed by atoms with E-state index in [4.69, 9.17) is 13.9 Å². The molecule has 1 N–H and O–H groups in total. The first kappa shape index (κ1) is 19.3. The number of phenolic OH excluding ortho intramolecular Hbond substituents is 1. The van der Waals surface area contributed by atoms with Gasteiger partial charge in [-0.3, -0.25) is 0 Å². The van der Waals surface area contributed by atoms with Crippen LogP contribution in [-0.2, 0) is 11.3 Å². The van der Waals surface area contributed by atoms with Crippen LogP contribution in [0.2, 0.25) is 0 Å². The maximum atomic E-state index is 10.1.